The van der Waals surface area contributed by atoms with Crippen molar-refractivity contribution in [1.82, 2.24) is 0 Å². The van der Waals surface area contributed by atoms with E-state index in [1.54, 1.807) is 37.4 Å². The van der Waals surface area contributed by atoms with Crippen LogP contribution in [0.3, 0.4) is 0 Å². The highest BCUT2D eigenvalue weighted by atomic mass is 35.5. The molecule has 5 nitrogen and oxygen atoms in total. The van der Waals surface area contributed by atoms with Crippen LogP contribution < -0.4 is 25.8 Å². The van der Waals surface area contributed by atoms with Gasteiger partial charge in [-0.05, 0) is 36.5 Å². The van der Waals surface area contributed by atoms with Gasteiger partial charge in [0.05, 0.1) is 35.6 Å². The van der Waals surface area contributed by atoms with E-state index in [1.807, 2.05) is 0 Å². The number of anilines is 3. The summed E-state index contributed by atoms with van der Waals surface area (Å²) in [5, 5.41) is 7.26. The number of nitrogen functional groups attached to an aromatic ring is 1. The van der Waals surface area contributed by atoms with Crippen LogP contribution in [0.5, 0.6) is 11.5 Å². The fourth-order valence-corrected chi connectivity index (χ4v) is 2.50. The maximum Gasteiger partial charge on any atom is 0.175 e. The molecule has 122 valence electrons. The quantitative estimate of drug-likeness (QED) is 0.546. The first-order valence-electron chi connectivity index (χ1n) is 6.49. The number of benzene rings is 2. The molecule has 0 fully saturated rings. The van der Waals surface area contributed by atoms with Crippen molar-refractivity contribution in [2.45, 2.75) is 0 Å². The molecule has 0 unspecified atom stereocenters. The Balaban J connectivity index is 2.16. The SMILES string of the molecule is COc1cc(OC)c(NC(=S)Nc2ccc(N)c(Cl)c2)cc1Cl. The van der Waals surface area contributed by atoms with Crippen molar-refractivity contribution in [2.75, 3.05) is 30.6 Å². The van der Waals surface area contributed by atoms with Crippen LogP contribution in [-0.2, 0) is 0 Å². The average molecular weight is 372 g/mol. The minimum atomic E-state index is 0.352. The molecule has 0 aromatic heterocycles. The summed E-state index contributed by atoms with van der Waals surface area (Å²) in [6, 6.07) is 8.49. The second-order valence-corrected chi connectivity index (χ2v) is 5.73. The third-order valence-corrected chi connectivity index (χ3v) is 3.81. The summed E-state index contributed by atoms with van der Waals surface area (Å²) in [6.07, 6.45) is 0. The summed E-state index contributed by atoms with van der Waals surface area (Å²) < 4.78 is 10.5. The van der Waals surface area contributed by atoms with Crippen molar-refractivity contribution >= 4 is 57.6 Å². The number of nitrogens with two attached hydrogens (primary N) is 1. The van der Waals surface area contributed by atoms with Gasteiger partial charge in [0.2, 0.25) is 0 Å². The Kier molecular flexibility index (Phi) is 5.76. The topological polar surface area (TPSA) is 68.5 Å². The Morgan fingerprint density at radius 3 is 2.30 bits per heavy atom. The van der Waals surface area contributed by atoms with Crippen molar-refractivity contribution in [3.63, 3.8) is 0 Å². The van der Waals surface area contributed by atoms with Crippen molar-refractivity contribution < 1.29 is 9.47 Å². The molecule has 0 spiro atoms. The maximum atomic E-state index is 6.12. The molecule has 0 heterocycles. The normalized spacial score (nSPS) is 10.1. The molecule has 0 saturated carbocycles. The lowest BCUT2D eigenvalue weighted by molar-refractivity contribution is 0.396. The summed E-state index contributed by atoms with van der Waals surface area (Å²) in [4.78, 5) is 0. The Labute approximate surface area is 149 Å². The molecule has 0 aliphatic carbocycles. The van der Waals surface area contributed by atoms with E-state index in [0.29, 0.717) is 43.7 Å². The van der Waals surface area contributed by atoms with Crippen LogP contribution in [0.1, 0.15) is 0 Å². The lowest BCUT2D eigenvalue weighted by Gasteiger charge is -2.15. The van der Waals surface area contributed by atoms with Crippen molar-refractivity contribution in [3.8, 4) is 11.5 Å². The number of halogens is 2. The predicted molar refractivity (Wildman–Crippen MR) is 100 cm³/mol. The van der Waals surface area contributed by atoms with E-state index < -0.39 is 0 Å². The number of hydrogen-bond acceptors (Lipinski definition) is 4. The molecular weight excluding hydrogens is 357 g/mol. The molecule has 2 aromatic carbocycles. The third-order valence-electron chi connectivity index (χ3n) is 2.98. The molecule has 0 saturated heterocycles. The molecule has 4 N–H and O–H groups in total. The fraction of sp³-hybridized carbons (Fsp3) is 0.133. The van der Waals surface area contributed by atoms with Crippen LogP contribution in [0.25, 0.3) is 0 Å². The molecule has 0 aliphatic heterocycles. The largest absolute Gasteiger partial charge is 0.495 e. The molecular formula is C15H15Cl2N3O2S. The maximum absolute atomic E-state index is 6.12. The first-order chi connectivity index (χ1) is 10.9. The van der Waals surface area contributed by atoms with Gasteiger partial charge in [0, 0.05) is 11.8 Å². The highest BCUT2D eigenvalue weighted by Gasteiger charge is 2.11. The van der Waals surface area contributed by atoms with Crippen LogP contribution in [0, 0.1) is 0 Å². The van der Waals surface area contributed by atoms with E-state index in [1.165, 1.54) is 7.11 Å². The van der Waals surface area contributed by atoms with Gasteiger partial charge in [-0.3, -0.25) is 0 Å². The molecule has 0 amide bonds. The monoisotopic (exact) mass is 371 g/mol. The van der Waals surface area contributed by atoms with E-state index in [2.05, 4.69) is 10.6 Å². The minimum absolute atomic E-state index is 0.352. The van der Waals surface area contributed by atoms with Crippen LogP contribution >= 0.6 is 35.4 Å². The van der Waals surface area contributed by atoms with Gasteiger partial charge in [-0.2, -0.15) is 0 Å². The highest BCUT2D eigenvalue weighted by Crippen LogP contribution is 2.36. The number of thiocarbonyl (C=S) groups is 1. The van der Waals surface area contributed by atoms with Crippen molar-refractivity contribution in [3.05, 3.63) is 40.4 Å². The summed E-state index contributed by atoms with van der Waals surface area (Å²) in [6.45, 7) is 0. The predicted octanol–water partition coefficient (Wildman–Crippen LogP) is 4.40. The summed E-state index contributed by atoms with van der Waals surface area (Å²) in [5.41, 5.74) is 7.49. The Bertz CT molecular complexity index is 741. The average Bonchev–Trinajstić information content (AvgIpc) is 2.51. The smallest absolute Gasteiger partial charge is 0.175 e. The van der Waals surface area contributed by atoms with Crippen LogP contribution in [0.4, 0.5) is 17.1 Å². The molecule has 23 heavy (non-hydrogen) atoms. The zero-order chi connectivity index (χ0) is 17.0. The van der Waals surface area contributed by atoms with Gasteiger partial charge >= 0.3 is 0 Å². The molecule has 8 heteroatoms. The Hall–Kier alpha value is -1.89. The molecule has 0 atom stereocenters. The molecule has 2 aromatic rings. The van der Waals surface area contributed by atoms with Gasteiger partial charge in [0.15, 0.2) is 5.11 Å². The van der Waals surface area contributed by atoms with Crippen LogP contribution in [0.2, 0.25) is 10.0 Å². The number of methoxy groups -OCH3 is 2. The van der Waals surface area contributed by atoms with Crippen molar-refractivity contribution in [1.29, 1.82) is 0 Å². The standard InChI is InChI=1S/C15H15Cl2N3O2S/c1-21-13-7-14(22-2)12(6-10(13)17)20-15(23)19-8-3-4-11(18)9(16)5-8/h3-7H,18H2,1-2H3,(H2,19,20,23). The van der Waals surface area contributed by atoms with Crippen LogP contribution in [0.15, 0.2) is 30.3 Å². The summed E-state index contributed by atoms with van der Waals surface area (Å²) in [7, 11) is 3.08. The van der Waals surface area contributed by atoms with E-state index >= 15 is 0 Å². The first kappa shape index (κ1) is 17.5. The zero-order valence-electron chi connectivity index (χ0n) is 12.4. The molecule has 2 rings (SSSR count). The van der Waals surface area contributed by atoms with Crippen LogP contribution in [-0.4, -0.2) is 19.3 Å². The fourth-order valence-electron chi connectivity index (χ4n) is 1.85. The van der Waals surface area contributed by atoms with E-state index in [9.17, 15) is 0 Å². The third kappa shape index (κ3) is 4.31. The van der Waals surface area contributed by atoms with E-state index in [-0.39, 0.29) is 0 Å². The lowest BCUT2D eigenvalue weighted by Crippen LogP contribution is -2.19. The summed E-state index contributed by atoms with van der Waals surface area (Å²) >= 11 is 17.4. The van der Waals surface area contributed by atoms with Gasteiger partial charge < -0.3 is 25.8 Å². The number of hydrogen-bond donors (Lipinski definition) is 3. The molecule has 0 radical (unpaired) electrons. The van der Waals surface area contributed by atoms with Gasteiger partial charge in [-0.15, -0.1) is 0 Å². The lowest BCUT2D eigenvalue weighted by atomic mass is 10.2. The van der Waals surface area contributed by atoms with E-state index in [4.69, 9.17) is 50.6 Å². The molecule has 0 aliphatic rings. The van der Waals surface area contributed by atoms with Gasteiger partial charge in [-0.25, -0.2) is 0 Å². The Morgan fingerprint density at radius 2 is 1.70 bits per heavy atom. The highest BCUT2D eigenvalue weighted by molar-refractivity contribution is 7.80. The second kappa shape index (κ2) is 7.59. The minimum Gasteiger partial charge on any atom is -0.495 e. The number of ether oxygens (including phenoxy) is 2. The van der Waals surface area contributed by atoms with Gasteiger partial charge in [-0.1, -0.05) is 23.2 Å². The zero-order valence-corrected chi connectivity index (χ0v) is 14.8. The first-order valence-corrected chi connectivity index (χ1v) is 7.65. The van der Waals surface area contributed by atoms with Crippen molar-refractivity contribution in [2.24, 2.45) is 0 Å². The molecule has 0 bridgehead atoms. The second-order valence-electron chi connectivity index (χ2n) is 4.50. The number of nitrogens with one attached hydrogen (secondary N) is 2. The van der Waals surface area contributed by atoms with Gasteiger partial charge in [0.1, 0.15) is 11.5 Å². The summed E-state index contributed by atoms with van der Waals surface area (Å²) in [5.74, 6) is 1.06. The van der Waals surface area contributed by atoms with E-state index in [0.717, 1.165) is 0 Å². The number of rotatable bonds is 4. The van der Waals surface area contributed by atoms with Gasteiger partial charge in [0.25, 0.3) is 0 Å². The Morgan fingerprint density at radius 1 is 1.00 bits per heavy atom.